The highest BCUT2D eigenvalue weighted by Crippen LogP contribution is 2.26. The highest BCUT2D eigenvalue weighted by atomic mass is 16.5. The zero-order valence-corrected chi connectivity index (χ0v) is 11.8. The van der Waals surface area contributed by atoms with E-state index in [1.165, 1.54) is 0 Å². The molecule has 2 aromatic rings. The number of hydrogen-bond acceptors (Lipinski definition) is 5. The fourth-order valence-corrected chi connectivity index (χ4v) is 2.65. The fraction of sp³-hybridized carbons (Fsp3) is 0.467. The highest BCUT2D eigenvalue weighted by Gasteiger charge is 2.29. The summed E-state index contributed by atoms with van der Waals surface area (Å²) < 4.78 is 10.6. The summed E-state index contributed by atoms with van der Waals surface area (Å²) in [5.74, 6) is 2.66. The Morgan fingerprint density at radius 2 is 2.35 bits per heavy atom. The number of nitrogens with zero attached hydrogens (tertiary/aromatic N) is 2. The van der Waals surface area contributed by atoms with Gasteiger partial charge in [-0.25, -0.2) is 0 Å². The zero-order chi connectivity index (χ0) is 13.9. The van der Waals surface area contributed by atoms with Crippen molar-refractivity contribution in [2.45, 2.75) is 31.7 Å². The number of benzene rings is 1. The summed E-state index contributed by atoms with van der Waals surface area (Å²) in [4.78, 5) is 4.53. The SMILES string of the molecule is COc1cccc(Cc2noc(C3CCNC3C)n2)c1. The first-order chi connectivity index (χ1) is 9.76. The van der Waals surface area contributed by atoms with Gasteiger partial charge in [0.05, 0.1) is 13.0 Å². The maximum absolute atomic E-state index is 5.42. The molecular weight excluding hydrogens is 254 g/mol. The minimum absolute atomic E-state index is 0.335. The van der Waals surface area contributed by atoms with Crippen LogP contribution in [0.4, 0.5) is 0 Å². The molecule has 1 N–H and O–H groups in total. The monoisotopic (exact) mass is 273 g/mol. The molecule has 5 nitrogen and oxygen atoms in total. The molecule has 2 unspecified atom stereocenters. The minimum Gasteiger partial charge on any atom is -0.497 e. The van der Waals surface area contributed by atoms with E-state index in [1.54, 1.807) is 7.11 Å². The average Bonchev–Trinajstić information content (AvgIpc) is 3.08. The summed E-state index contributed by atoms with van der Waals surface area (Å²) in [5.41, 5.74) is 1.12. The number of hydrogen-bond donors (Lipinski definition) is 1. The van der Waals surface area contributed by atoms with Gasteiger partial charge in [0.15, 0.2) is 5.82 Å². The van der Waals surface area contributed by atoms with Gasteiger partial charge in [0, 0.05) is 12.5 Å². The van der Waals surface area contributed by atoms with Crippen molar-refractivity contribution in [3.05, 3.63) is 41.5 Å². The van der Waals surface area contributed by atoms with Crippen LogP contribution in [-0.4, -0.2) is 29.8 Å². The molecule has 1 saturated heterocycles. The summed E-state index contributed by atoms with van der Waals surface area (Å²) in [6, 6.07) is 8.34. The van der Waals surface area contributed by atoms with Crippen LogP contribution in [0.2, 0.25) is 0 Å². The van der Waals surface area contributed by atoms with Crippen LogP contribution in [0.25, 0.3) is 0 Å². The van der Waals surface area contributed by atoms with Crippen LogP contribution in [-0.2, 0) is 6.42 Å². The van der Waals surface area contributed by atoms with Gasteiger partial charge in [-0.15, -0.1) is 0 Å². The summed E-state index contributed by atoms with van der Waals surface area (Å²) in [5, 5.41) is 7.49. The first kappa shape index (κ1) is 13.1. The molecule has 0 aliphatic carbocycles. The maximum Gasteiger partial charge on any atom is 0.231 e. The molecule has 106 valence electrons. The normalized spacial score (nSPS) is 22.1. The zero-order valence-electron chi connectivity index (χ0n) is 11.8. The van der Waals surface area contributed by atoms with E-state index in [4.69, 9.17) is 9.26 Å². The minimum atomic E-state index is 0.335. The summed E-state index contributed by atoms with van der Waals surface area (Å²) >= 11 is 0. The average molecular weight is 273 g/mol. The molecule has 2 atom stereocenters. The van der Waals surface area contributed by atoms with Gasteiger partial charge in [-0.3, -0.25) is 0 Å². The lowest BCUT2D eigenvalue weighted by molar-refractivity contribution is 0.342. The Labute approximate surface area is 118 Å². The molecule has 0 saturated carbocycles. The largest absolute Gasteiger partial charge is 0.497 e. The van der Waals surface area contributed by atoms with Crippen LogP contribution in [0.1, 0.15) is 36.5 Å². The van der Waals surface area contributed by atoms with Crippen LogP contribution in [0.5, 0.6) is 5.75 Å². The predicted molar refractivity (Wildman–Crippen MR) is 74.9 cm³/mol. The molecule has 20 heavy (non-hydrogen) atoms. The molecule has 1 fully saturated rings. The van der Waals surface area contributed by atoms with Gasteiger partial charge in [-0.2, -0.15) is 4.98 Å². The molecule has 1 aromatic heterocycles. The fourth-order valence-electron chi connectivity index (χ4n) is 2.65. The standard InChI is InChI=1S/C15H19N3O2/c1-10-13(6-7-16-10)15-17-14(18-20-15)9-11-4-3-5-12(8-11)19-2/h3-5,8,10,13,16H,6-7,9H2,1-2H3. The first-order valence-corrected chi connectivity index (χ1v) is 6.95. The van der Waals surface area contributed by atoms with E-state index in [9.17, 15) is 0 Å². The molecule has 0 radical (unpaired) electrons. The van der Waals surface area contributed by atoms with E-state index in [2.05, 4.69) is 22.4 Å². The van der Waals surface area contributed by atoms with E-state index >= 15 is 0 Å². The Bertz CT molecular complexity index is 582. The number of methoxy groups -OCH3 is 1. The molecule has 1 aromatic carbocycles. The maximum atomic E-state index is 5.42. The Morgan fingerprint density at radius 3 is 3.10 bits per heavy atom. The number of ether oxygens (including phenoxy) is 1. The van der Waals surface area contributed by atoms with Gasteiger partial charge in [-0.05, 0) is 37.6 Å². The summed E-state index contributed by atoms with van der Waals surface area (Å²) in [7, 11) is 1.67. The lowest BCUT2D eigenvalue weighted by Gasteiger charge is -2.08. The number of rotatable bonds is 4. The molecule has 1 aliphatic rings. The van der Waals surface area contributed by atoms with Crippen molar-refractivity contribution in [2.75, 3.05) is 13.7 Å². The van der Waals surface area contributed by atoms with Crippen LogP contribution in [0.15, 0.2) is 28.8 Å². The second-order valence-corrected chi connectivity index (χ2v) is 5.22. The molecule has 0 amide bonds. The van der Waals surface area contributed by atoms with Crippen LogP contribution < -0.4 is 10.1 Å². The third kappa shape index (κ3) is 2.67. The van der Waals surface area contributed by atoms with Gasteiger partial charge in [0.25, 0.3) is 0 Å². The van der Waals surface area contributed by atoms with Crippen molar-refractivity contribution < 1.29 is 9.26 Å². The van der Waals surface area contributed by atoms with Gasteiger partial charge in [0.2, 0.25) is 5.89 Å². The number of nitrogens with one attached hydrogen (secondary N) is 1. The molecule has 1 aliphatic heterocycles. The molecule has 3 rings (SSSR count). The second-order valence-electron chi connectivity index (χ2n) is 5.22. The smallest absolute Gasteiger partial charge is 0.231 e. The van der Waals surface area contributed by atoms with E-state index in [0.29, 0.717) is 18.4 Å². The number of aromatic nitrogens is 2. The van der Waals surface area contributed by atoms with Gasteiger partial charge >= 0.3 is 0 Å². The van der Waals surface area contributed by atoms with Crippen molar-refractivity contribution in [3.63, 3.8) is 0 Å². The Hall–Kier alpha value is -1.88. The van der Waals surface area contributed by atoms with Gasteiger partial charge < -0.3 is 14.6 Å². The third-order valence-corrected chi connectivity index (χ3v) is 3.82. The van der Waals surface area contributed by atoms with Crippen molar-refractivity contribution in [2.24, 2.45) is 0 Å². The molecule has 2 heterocycles. The molecule has 5 heteroatoms. The molecule has 0 spiro atoms. The third-order valence-electron chi connectivity index (χ3n) is 3.82. The van der Waals surface area contributed by atoms with Crippen molar-refractivity contribution in [1.29, 1.82) is 0 Å². The van der Waals surface area contributed by atoms with Gasteiger partial charge in [-0.1, -0.05) is 17.3 Å². The predicted octanol–water partition coefficient (Wildman–Crippen LogP) is 2.13. The first-order valence-electron chi connectivity index (χ1n) is 6.95. The van der Waals surface area contributed by atoms with Crippen LogP contribution >= 0.6 is 0 Å². The summed E-state index contributed by atoms with van der Waals surface area (Å²) in [6.45, 7) is 3.17. The second kappa shape index (κ2) is 5.63. The van der Waals surface area contributed by atoms with Gasteiger partial charge in [0.1, 0.15) is 5.75 Å². The van der Waals surface area contributed by atoms with Crippen molar-refractivity contribution in [1.82, 2.24) is 15.5 Å². The molecule has 0 bridgehead atoms. The Balaban J connectivity index is 1.73. The van der Waals surface area contributed by atoms with Crippen molar-refractivity contribution in [3.8, 4) is 5.75 Å². The van der Waals surface area contributed by atoms with E-state index in [-0.39, 0.29) is 0 Å². The summed E-state index contributed by atoms with van der Waals surface area (Å²) in [6.07, 6.45) is 1.72. The Morgan fingerprint density at radius 1 is 1.45 bits per heavy atom. The van der Waals surface area contributed by atoms with E-state index in [0.717, 1.165) is 36.0 Å². The quantitative estimate of drug-likeness (QED) is 0.924. The lowest BCUT2D eigenvalue weighted by atomic mass is 10.0. The van der Waals surface area contributed by atoms with Crippen molar-refractivity contribution >= 4 is 0 Å². The van der Waals surface area contributed by atoms with E-state index < -0.39 is 0 Å². The van der Waals surface area contributed by atoms with Crippen LogP contribution in [0, 0.1) is 0 Å². The topological polar surface area (TPSA) is 60.2 Å². The molecular formula is C15H19N3O2. The van der Waals surface area contributed by atoms with Crippen LogP contribution in [0.3, 0.4) is 0 Å². The van der Waals surface area contributed by atoms with E-state index in [1.807, 2.05) is 24.3 Å². The lowest BCUT2D eigenvalue weighted by Crippen LogP contribution is -2.21. The Kier molecular flexibility index (Phi) is 3.69. The highest BCUT2D eigenvalue weighted by molar-refractivity contribution is 5.30.